The fraction of sp³-hybridized carbons (Fsp3) is 0.923. The predicted octanol–water partition coefficient (Wildman–Crippen LogP) is 1.67. The second kappa shape index (κ2) is 3.73. The van der Waals surface area contributed by atoms with Crippen LogP contribution in [0.25, 0.3) is 0 Å². The molecule has 0 aliphatic heterocycles. The number of hydrogen-bond acceptors (Lipinski definition) is 2. The Morgan fingerprint density at radius 2 is 2.00 bits per heavy atom. The summed E-state index contributed by atoms with van der Waals surface area (Å²) in [6, 6.07) is -0.400. The standard InChI is InChI=1S/C13H24N2O/c1-12(2,3)10(14)11(16)15-8-13(6-7-13)9-4-5-9/h9-10H,4-8,14H2,1-3H3,(H,15,16). The van der Waals surface area contributed by atoms with Gasteiger partial charge in [0.15, 0.2) is 0 Å². The summed E-state index contributed by atoms with van der Waals surface area (Å²) in [5, 5.41) is 3.05. The summed E-state index contributed by atoms with van der Waals surface area (Å²) >= 11 is 0. The van der Waals surface area contributed by atoms with Gasteiger partial charge >= 0.3 is 0 Å². The van der Waals surface area contributed by atoms with E-state index < -0.39 is 6.04 Å². The van der Waals surface area contributed by atoms with Crippen LogP contribution in [-0.4, -0.2) is 18.5 Å². The van der Waals surface area contributed by atoms with E-state index in [1.54, 1.807) is 0 Å². The average molecular weight is 224 g/mol. The van der Waals surface area contributed by atoms with Crippen molar-refractivity contribution in [2.24, 2.45) is 22.5 Å². The zero-order valence-electron chi connectivity index (χ0n) is 10.7. The second-order valence-corrected chi connectivity index (χ2v) is 6.70. The van der Waals surface area contributed by atoms with Crippen LogP contribution in [0.4, 0.5) is 0 Å². The van der Waals surface area contributed by atoms with Crippen LogP contribution in [0, 0.1) is 16.7 Å². The van der Waals surface area contributed by atoms with Crippen LogP contribution < -0.4 is 11.1 Å². The molecule has 2 rings (SSSR count). The van der Waals surface area contributed by atoms with Crippen LogP contribution in [0.2, 0.25) is 0 Å². The van der Waals surface area contributed by atoms with Gasteiger partial charge in [0.2, 0.25) is 5.91 Å². The van der Waals surface area contributed by atoms with Gasteiger partial charge in [0.1, 0.15) is 0 Å². The molecule has 0 bridgehead atoms. The van der Waals surface area contributed by atoms with Crippen molar-refractivity contribution in [3.8, 4) is 0 Å². The molecule has 2 aliphatic rings. The topological polar surface area (TPSA) is 55.1 Å². The molecule has 3 nitrogen and oxygen atoms in total. The van der Waals surface area contributed by atoms with Crippen LogP contribution in [-0.2, 0) is 4.79 Å². The Balaban J connectivity index is 1.79. The fourth-order valence-electron chi connectivity index (χ4n) is 2.35. The highest BCUT2D eigenvalue weighted by atomic mass is 16.2. The van der Waals surface area contributed by atoms with E-state index in [-0.39, 0.29) is 11.3 Å². The molecule has 16 heavy (non-hydrogen) atoms. The molecule has 0 saturated heterocycles. The molecule has 0 aromatic rings. The fourth-order valence-corrected chi connectivity index (χ4v) is 2.35. The van der Waals surface area contributed by atoms with E-state index in [0.29, 0.717) is 5.41 Å². The van der Waals surface area contributed by atoms with Crippen LogP contribution in [0.1, 0.15) is 46.5 Å². The molecule has 0 radical (unpaired) electrons. The lowest BCUT2D eigenvalue weighted by Gasteiger charge is -2.27. The van der Waals surface area contributed by atoms with Crippen LogP contribution in [0.5, 0.6) is 0 Å². The Kier molecular flexibility index (Phi) is 2.77. The Hall–Kier alpha value is -0.570. The number of hydrogen-bond donors (Lipinski definition) is 2. The zero-order valence-corrected chi connectivity index (χ0v) is 10.7. The SMILES string of the molecule is CC(C)(C)C(N)C(=O)NCC1(C2CC2)CC1. The highest BCUT2D eigenvalue weighted by molar-refractivity contribution is 5.82. The number of carbonyl (C=O) groups excluding carboxylic acids is 1. The number of carbonyl (C=O) groups is 1. The smallest absolute Gasteiger partial charge is 0.237 e. The summed E-state index contributed by atoms with van der Waals surface area (Å²) in [6.45, 7) is 6.86. The summed E-state index contributed by atoms with van der Waals surface area (Å²) < 4.78 is 0. The van der Waals surface area contributed by atoms with Gasteiger partial charge in [0, 0.05) is 6.54 Å². The Morgan fingerprint density at radius 3 is 2.38 bits per heavy atom. The minimum Gasteiger partial charge on any atom is -0.354 e. The van der Waals surface area contributed by atoms with Gasteiger partial charge in [0.25, 0.3) is 0 Å². The molecule has 3 heteroatoms. The molecule has 0 aromatic carbocycles. The lowest BCUT2D eigenvalue weighted by atomic mass is 9.86. The van der Waals surface area contributed by atoms with Gasteiger partial charge in [-0.1, -0.05) is 20.8 Å². The van der Waals surface area contributed by atoms with Gasteiger partial charge < -0.3 is 11.1 Å². The van der Waals surface area contributed by atoms with Crippen LogP contribution in [0.3, 0.4) is 0 Å². The van der Waals surface area contributed by atoms with Gasteiger partial charge in [-0.2, -0.15) is 0 Å². The van der Waals surface area contributed by atoms with Crippen molar-refractivity contribution in [3.63, 3.8) is 0 Å². The van der Waals surface area contributed by atoms with E-state index in [2.05, 4.69) is 5.32 Å². The second-order valence-electron chi connectivity index (χ2n) is 6.70. The first-order valence-electron chi connectivity index (χ1n) is 6.38. The van der Waals surface area contributed by atoms with Crippen molar-refractivity contribution in [1.29, 1.82) is 0 Å². The highest BCUT2D eigenvalue weighted by Gasteiger charge is 2.53. The molecular weight excluding hydrogens is 200 g/mol. The minimum absolute atomic E-state index is 0.0134. The first kappa shape index (κ1) is 11.9. The van der Waals surface area contributed by atoms with Crippen molar-refractivity contribution in [1.82, 2.24) is 5.32 Å². The highest BCUT2D eigenvalue weighted by Crippen LogP contribution is 2.60. The minimum atomic E-state index is -0.400. The average Bonchev–Trinajstić information content (AvgIpc) is 2.98. The van der Waals surface area contributed by atoms with Gasteiger partial charge in [-0.25, -0.2) is 0 Å². The maximum Gasteiger partial charge on any atom is 0.237 e. The normalized spacial score (nSPS) is 25.0. The quantitative estimate of drug-likeness (QED) is 0.763. The first-order chi connectivity index (χ1) is 7.35. The third-order valence-electron chi connectivity index (χ3n) is 4.17. The van der Waals surface area contributed by atoms with E-state index in [0.717, 1.165) is 12.5 Å². The summed E-state index contributed by atoms with van der Waals surface area (Å²) in [4.78, 5) is 11.9. The number of amides is 1. The van der Waals surface area contributed by atoms with Crippen molar-refractivity contribution in [2.45, 2.75) is 52.5 Å². The Morgan fingerprint density at radius 1 is 1.44 bits per heavy atom. The third kappa shape index (κ3) is 2.40. The van der Waals surface area contributed by atoms with E-state index >= 15 is 0 Å². The van der Waals surface area contributed by atoms with Crippen molar-refractivity contribution >= 4 is 5.91 Å². The maximum absolute atomic E-state index is 11.9. The van der Waals surface area contributed by atoms with E-state index in [4.69, 9.17) is 5.73 Å². The molecule has 2 saturated carbocycles. The summed E-state index contributed by atoms with van der Waals surface area (Å²) in [6.07, 6.45) is 5.31. The molecule has 0 aromatic heterocycles. The van der Waals surface area contributed by atoms with E-state index in [9.17, 15) is 4.79 Å². The summed E-state index contributed by atoms with van der Waals surface area (Å²) in [5.74, 6) is 0.901. The van der Waals surface area contributed by atoms with Gasteiger partial charge in [0.05, 0.1) is 6.04 Å². The van der Waals surface area contributed by atoms with E-state index in [1.165, 1.54) is 25.7 Å². The molecule has 3 N–H and O–H groups in total. The van der Waals surface area contributed by atoms with Crippen molar-refractivity contribution in [2.75, 3.05) is 6.54 Å². The summed E-state index contributed by atoms with van der Waals surface area (Å²) in [5.41, 5.74) is 6.24. The Bertz CT molecular complexity index is 285. The molecule has 92 valence electrons. The molecule has 1 amide bonds. The van der Waals surface area contributed by atoms with E-state index in [1.807, 2.05) is 20.8 Å². The maximum atomic E-state index is 11.9. The van der Waals surface area contributed by atoms with Gasteiger partial charge in [-0.15, -0.1) is 0 Å². The summed E-state index contributed by atoms with van der Waals surface area (Å²) in [7, 11) is 0. The van der Waals surface area contributed by atoms with Gasteiger partial charge in [-0.05, 0) is 42.4 Å². The van der Waals surface area contributed by atoms with Crippen molar-refractivity contribution in [3.05, 3.63) is 0 Å². The van der Waals surface area contributed by atoms with Crippen LogP contribution >= 0.6 is 0 Å². The predicted molar refractivity (Wildman–Crippen MR) is 64.8 cm³/mol. The largest absolute Gasteiger partial charge is 0.354 e. The Labute approximate surface area is 98.2 Å². The lowest BCUT2D eigenvalue weighted by molar-refractivity contribution is -0.124. The molecule has 2 aliphatic carbocycles. The molecule has 2 fully saturated rings. The molecule has 0 spiro atoms. The third-order valence-corrected chi connectivity index (χ3v) is 4.17. The first-order valence-corrected chi connectivity index (χ1v) is 6.38. The monoisotopic (exact) mass is 224 g/mol. The zero-order chi connectivity index (χ0) is 12.0. The van der Waals surface area contributed by atoms with Crippen LogP contribution in [0.15, 0.2) is 0 Å². The number of rotatable bonds is 4. The number of nitrogens with two attached hydrogens (primary N) is 1. The molecule has 1 unspecified atom stereocenters. The molecular formula is C13H24N2O. The van der Waals surface area contributed by atoms with Gasteiger partial charge in [-0.3, -0.25) is 4.79 Å². The molecule has 0 heterocycles. The lowest BCUT2D eigenvalue weighted by Crippen LogP contribution is -2.49. The number of nitrogens with one attached hydrogen (secondary N) is 1. The van der Waals surface area contributed by atoms with Crippen molar-refractivity contribution < 1.29 is 4.79 Å². The molecule has 1 atom stereocenters.